The lowest BCUT2D eigenvalue weighted by Crippen LogP contribution is -2.42. The molecule has 2 unspecified atom stereocenters. The molecule has 2 aromatic rings. The quantitative estimate of drug-likeness (QED) is 0.451. The van der Waals surface area contributed by atoms with Crippen molar-refractivity contribution in [3.05, 3.63) is 51.2 Å². The monoisotopic (exact) mass is 463 g/mol. The number of rotatable bonds is 4. The Labute approximate surface area is 187 Å². The number of hydrogen-bond acceptors (Lipinski definition) is 5. The average molecular weight is 464 g/mol. The first-order valence-corrected chi connectivity index (χ1v) is 11.7. The highest BCUT2D eigenvalue weighted by Crippen LogP contribution is 2.40. The summed E-state index contributed by atoms with van der Waals surface area (Å²) in [4.78, 5) is 28.6. The number of carboxylic acid groups (broad SMARTS) is 1. The van der Waals surface area contributed by atoms with Crippen molar-refractivity contribution in [1.82, 2.24) is 4.90 Å². The highest BCUT2D eigenvalue weighted by Gasteiger charge is 2.40. The Morgan fingerprint density at radius 2 is 2.03 bits per heavy atom. The van der Waals surface area contributed by atoms with Crippen LogP contribution >= 0.6 is 46.9 Å². The van der Waals surface area contributed by atoms with E-state index in [1.165, 1.54) is 11.8 Å². The molecule has 1 saturated heterocycles. The minimum Gasteiger partial charge on any atom is -0.481 e. The number of hydrogen-bond donors (Lipinski definition) is 1. The van der Waals surface area contributed by atoms with Gasteiger partial charge in [0.15, 0.2) is 0 Å². The fourth-order valence-corrected chi connectivity index (χ4v) is 6.53. The van der Waals surface area contributed by atoms with Gasteiger partial charge in [0.1, 0.15) is 4.32 Å². The standard InChI is InChI=1S/C21H18ClNO3S3/c22-16-7-2-1-6-15(16)17-9-8-14(28-17)11-18-19(24)23(21(27)29-18)13-5-3-4-12(10-13)20(25)26/h1-2,6-9,11-13H,3-5,10H2,(H,25,26). The maximum atomic E-state index is 13.0. The number of thioether (sulfide) groups is 1. The Kier molecular flexibility index (Phi) is 6.11. The largest absolute Gasteiger partial charge is 0.481 e. The summed E-state index contributed by atoms with van der Waals surface area (Å²) >= 11 is 14.6. The molecule has 0 radical (unpaired) electrons. The van der Waals surface area contributed by atoms with Crippen molar-refractivity contribution < 1.29 is 14.7 Å². The summed E-state index contributed by atoms with van der Waals surface area (Å²) in [7, 11) is 0. The number of halogens is 1. The SMILES string of the molecule is O=C(O)C1CCCC(N2C(=O)C(=Cc3ccc(-c4ccccc4Cl)s3)SC2=S)C1. The lowest BCUT2D eigenvalue weighted by Gasteiger charge is -2.32. The minimum atomic E-state index is -0.790. The van der Waals surface area contributed by atoms with Gasteiger partial charge in [-0.1, -0.05) is 60.2 Å². The molecular weight excluding hydrogens is 446 g/mol. The first-order chi connectivity index (χ1) is 13.9. The zero-order valence-electron chi connectivity index (χ0n) is 15.3. The van der Waals surface area contributed by atoms with Gasteiger partial charge < -0.3 is 5.11 Å². The highest BCUT2D eigenvalue weighted by molar-refractivity contribution is 8.26. The normalized spacial score (nSPS) is 23.8. The van der Waals surface area contributed by atoms with E-state index in [2.05, 4.69) is 0 Å². The first kappa shape index (κ1) is 20.6. The molecule has 4 nitrogen and oxygen atoms in total. The van der Waals surface area contributed by atoms with Crippen LogP contribution in [-0.2, 0) is 9.59 Å². The summed E-state index contributed by atoms with van der Waals surface area (Å²) in [5.74, 6) is -1.32. The van der Waals surface area contributed by atoms with Crippen molar-refractivity contribution in [3.8, 4) is 10.4 Å². The molecule has 1 amide bonds. The lowest BCUT2D eigenvalue weighted by molar-refractivity contribution is -0.144. The van der Waals surface area contributed by atoms with Crippen molar-refractivity contribution in [2.45, 2.75) is 31.7 Å². The number of carbonyl (C=O) groups is 2. The summed E-state index contributed by atoms with van der Waals surface area (Å²) < 4.78 is 0.514. The Morgan fingerprint density at radius 3 is 2.79 bits per heavy atom. The Morgan fingerprint density at radius 1 is 1.24 bits per heavy atom. The van der Waals surface area contributed by atoms with Gasteiger partial charge in [-0.15, -0.1) is 11.3 Å². The van der Waals surface area contributed by atoms with Gasteiger partial charge in [0.2, 0.25) is 0 Å². The number of carbonyl (C=O) groups excluding carboxylic acids is 1. The van der Waals surface area contributed by atoms with E-state index in [0.29, 0.717) is 27.1 Å². The third kappa shape index (κ3) is 4.28. The summed E-state index contributed by atoms with van der Waals surface area (Å²) in [6.45, 7) is 0. The van der Waals surface area contributed by atoms with Gasteiger partial charge in [-0.3, -0.25) is 14.5 Å². The van der Waals surface area contributed by atoms with E-state index in [9.17, 15) is 14.7 Å². The van der Waals surface area contributed by atoms with Crippen LogP contribution in [0.1, 0.15) is 30.6 Å². The average Bonchev–Trinajstić information content (AvgIpc) is 3.27. The molecule has 4 rings (SSSR count). The molecule has 1 aliphatic carbocycles. The maximum Gasteiger partial charge on any atom is 0.306 e. The van der Waals surface area contributed by atoms with Crippen LogP contribution in [0.5, 0.6) is 0 Å². The van der Waals surface area contributed by atoms with E-state index in [0.717, 1.165) is 28.2 Å². The summed E-state index contributed by atoms with van der Waals surface area (Å²) in [5, 5.41) is 10.0. The summed E-state index contributed by atoms with van der Waals surface area (Å²) in [6.07, 6.45) is 4.58. The van der Waals surface area contributed by atoms with Gasteiger partial charge in [0.05, 0.1) is 10.8 Å². The molecule has 8 heteroatoms. The van der Waals surface area contributed by atoms with Gasteiger partial charge in [-0.05, 0) is 43.5 Å². The molecule has 2 fully saturated rings. The molecule has 29 heavy (non-hydrogen) atoms. The van der Waals surface area contributed by atoms with E-state index < -0.39 is 11.9 Å². The second-order valence-electron chi connectivity index (χ2n) is 7.09. The highest BCUT2D eigenvalue weighted by atomic mass is 35.5. The lowest BCUT2D eigenvalue weighted by atomic mass is 9.85. The third-order valence-electron chi connectivity index (χ3n) is 5.22. The molecule has 2 aliphatic rings. The summed E-state index contributed by atoms with van der Waals surface area (Å²) in [6, 6.07) is 11.5. The van der Waals surface area contributed by atoms with Crippen molar-refractivity contribution in [1.29, 1.82) is 0 Å². The zero-order valence-corrected chi connectivity index (χ0v) is 18.5. The molecule has 1 saturated carbocycles. The Bertz CT molecular complexity index is 1020. The first-order valence-electron chi connectivity index (χ1n) is 9.28. The van der Waals surface area contributed by atoms with Gasteiger partial charge in [-0.2, -0.15) is 0 Å². The van der Waals surface area contributed by atoms with E-state index >= 15 is 0 Å². The number of nitrogens with zero attached hydrogens (tertiary/aromatic N) is 1. The molecular formula is C21H18ClNO3S3. The number of thiocarbonyl (C=S) groups is 1. The van der Waals surface area contributed by atoms with Crippen LogP contribution < -0.4 is 0 Å². The van der Waals surface area contributed by atoms with Crippen LogP contribution in [0.25, 0.3) is 16.5 Å². The fraction of sp³-hybridized carbons (Fsp3) is 0.286. The molecule has 1 aromatic carbocycles. The van der Waals surface area contributed by atoms with E-state index in [4.69, 9.17) is 23.8 Å². The van der Waals surface area contributed by atoms with Crippen molar-refractivity contribution in [2.75, 3.05) is 0 Å². The number of carboxylic acids is 1. The molecule has 0 bridgehead atoms. The van der Waals surface area contributed by atoms with Crippen molar-refractivity contribution in [2.24, 2.45) is 5.92 Å². The molecule has 150 valence electrons. The van der Waals surface area contributed by atoms with Crippen LogP contribution in [0.2, 0.25) is 5.02 Å². The second kappa shape index (κ2) is 8.60. The summed E-state index contributed by atoms with van der Waals surface area (Å²) in [5.41, 5.74) is 0.966. The molecule has 0 spiro atoms. The molecule has 2 heterocycles. The van der Waals surface area contributed by atoms with Gasteiger partial charge in [-0.25, -0.2) is 0 Å². The number of aliphatic carboxylic acids is 1. The van der Waals surface area contributed by atoms with Crippen molar-refractivity contribution in [3.63, 3.8) is 0 Å². The second-order valence-corrected chi connectivity index (χ2v) is 10.3. The van der Waals surface area contributed by atoms with Crippen LogP contribution in [0.15, 0.2) is 41.3 Å². The van der Waals surface area contributed by atoms with Crippen LogP contribution in [0, 0.1) is 5.92 Å². The Balaban J connectivity index is 1.54. The predicted octanol–water partition coefficient (Wildman–Crippen LogP) is 5.91. The third-order valence-corrected chi connectivity index (χ3v) is 7.95. The zero-order chi connectivity index (χ0) is 20.5. The number of amides is 1. The van der Waals surface area contributed by atoms with Gasteiger partial charge >= 0.3 is 5.97 Å². The molecule has 1 aliphatic heterocycles. The smallest absolute Gasteiger partial charge is 0.306 e. The molecule has 2 atom stereocenters. The maximum absolute atomic E-state index is 13.0. The predicted molar refractivity (Wildman–Crippen MR) is 123 cm³/mol. The van der Waals surface area contributed by atoms with E-state index in [1.807, 2.05) is 42.5 Å². The number of thiophene rings is 1. The number of benzene rings is 1. The van der Waals surface area contributed by atoms with Crippen LogP contribution in [-0.4, -0.2) is 32.2 Å². The topological polar surface area (TPSA) is 57.6 Å². The minimum absolute atomic E-state index is 0.122. The van der Waals surface area contributed by atoms with Gasteiger partial charge in [0, 0.05) is 26.4 Å². The van der Waals surface area contributed by atoms with Gasteiger partial charge in [0.25, 0.3) is 5.91 Å². The van der Waals surface area contributed by atoms with Crippen LogP contribution in [0.3, 0.4) is 0 Å². The Hall–Kier alpha value is -1.67. The van der Waals surface area contributed by atoms with Crippen LogP contribution in [0.4, 0.5) is 0 Å². The van der Waals surface area contributed by atoms with Crippen molar-refractivity contribution >= 4 is 69.2 Å². The fourth-order valence-electron chi connectivity index (χ4n) is 3.78. The van der Waals surface area contributed by atoms with E-state index in [-0.39, 0.29) is 11.9 Å². The molecule has 1 N–H and O–H groups in total. The van der Waals surface area contributed by atoms with E-state index in [1.54, 1.807) is 16.2 Å². The molecule has 1 aromatic heterocycles.